The molecule has 6 N–H and O–H groups in total. The first-order valence-electron chi connectivity index (χ1n) is 5.75. The molecule has 0 spiro atoms. The fraction of sp³-hybridized carbons (Fsp3) is 0. The van der Waals surface area contributed by atoms with Crippen molar-refractivity contribution in [1.82, 2.24) is 13.0 Å². The lowest BCUT2D eigenvalue weighted by Gasteiger charge is -2.20. The zero-order valence-corrected chi connectivity index (χ0v) is 11.1. The lowest BCUT2D eigenvalue weighted by Crippen LogP contribution is -2.04. The van der Waals surface area contributed by atoms with Crippen LogP contribution in [-0.4, -0.2) is 13.0 Å². The smallest absolute Gasteiger partial charge is 0.220 e. The highest BCUT2D eigenvalue weighted by atomic mass is 31.1. The molecule has 0 bridgehead atoms. The van der Waals surface area contributed by atoms with E-state index >= 15 is 0 Å². The van der Waals surface area contributed by atoms with Crippen molar-refractivity contribution >= 4 is 25.4 Å². The minimum atomic E-state index is -0.873. The highest BCUT2D eigenvalue weighted by Gasteiger charge is 2.16. The van der Waals surface area contributed by atoms with Gasteiger partial charge in [0.1, 0.15) is 0 Å². The summed E-state index contributed by atoms with van der Waals surface area (Å²) in [7, 11) is -0.873. The maximum atomic E-state index is 5.80. The van der Waals surface area contributed by atoms with E-state index in [1.807, 2.05) is 55.4 Å². The molecule has 19 heavy (non-hydrogen) atoms. The van der Waals surface area contributed by atoms with Gasteiger partial charge in [-0.05, 0) is 18.2 Å². The van der Waals surface area contributed by atoms with Gasteiger partial charge >= 0.3 is 0 Å². The molecule has 98 valence electrons. The molecule has 0 aliphatic carbocycles. The zero-order chi connectivity index (χ0) is 13.4. The van der Waals surface area contributed by atoms with Gasteiger partial charge in [0.2, 0.25) is 8.37 Å². The average molecular weight is 274 g/mol. The standard InChI is InChI=1S/C12H15N6P/c13-10-1-4-16(7-10)19(17-5-2-11(14)8-17)18-6-3-12(15)9-18/h1-9H,13-15H2. The molecule has 0 aliphatic rings. The van der Waals surface area contributed by atoms with Crippen LogP contribution in [0.3, 0.4) is 0 Å². The summed E-state index contributed by atoms with van der Waals surface area (Å²) in [6.07, 6.45) is 11.6. The van der Waals surface area contributed by atoms with E-state index in [0.717, 1.165) is 17.1 Å². The minimum Gasteiger partial charge on any atom is -0.397 e. The van der Waals surface area contributed by atoms with E-state index in [2.05, 4.69) is 13.0 Å². The molecule has 0 amide bonds. The predicted octanol–water partition coefficient (Wildman–Crippen LogP) is 2.01. The molecule has 6 nitrogen and oxygen atoms in total. The first-order valence-corrected chi connectivity index (χ1v) is 6.95. The maximum absolute atomic E-state index is 5.80. The summed E-state index contributed by atoms with van der Waals surface area (Å²) in [5, 5.41) is 0. The molecule has 0 unspecified atom stereocenters. The molecule has 0 fully saturated rings. The Morgan fingerprint density at radius 1 is 0.632 bits per heavy atom. The summed E-state index contributed by atoms with van der Waals surface area (Å²) in [5.41, 5.74) is 19.6. The van der Waals surface area contributed by atoms with Gasteiger partial charge in [-0.25, -0.2) is 0 Å². The van der Waals surface area contributed by atoms with Crippen LogP contribution < -0.4 is 17.2 Å². The Labute approximate surface area is 111 Å². The van der Waals surface area contributed by atoms with E-state index in [9.17, 15) is 0 Å². The van der Waals surface area contributed by atoms with E-state index in [-0.39, 0.29) is 0 Å². The lowest BCUT2D eigenvalue weighted by molar-refractivity contribution is 1.05. The van der Waals surface area contributed by atoms with Crippen molar-refractivity contribution in [1.29, 1.82) is 0 Å². The van der Waals surface area contributed by atoms with Gasteiger partial charge in [-0.2, -0.15) is 0 Å². The zero-order valence-electron chi connectivity index (χ0n) is 10.2. The summed E-state index contributed by atoms with van der Waals surface area (Å²) < 4.78 is 6.18. The Morgan fingerprint density at radius 2 is 0.947 bits per heavy atom. The topological polar surface area (TPSA) is 92.8 Å². The summed E-state index contributed by atoms with van der Waals surface area (Å²) in [5.74, 6) is 0. The van der Waals surface area contributed by atoms with E-state index in [0.29, 0.717) is 0 Å². The van der Waals surface area contributed by atoms with Gasteiger partial charge in [-0.3, -0.25) is 13.0 Å². The molecule has 0 saturated heterocycles. The quantitative estimate of drug-likeness (QED) is 0.638. The molecule has 3 rings (SSSR count). The van der Waals surface area contributed by atoms with Crippen LogP contribution in [0.4, 0.5) is 17.1 Å². The van der Waals surface area contributed by atoms with E-state index in [1.165, 1.54) is 0 Å². The van der Waals surface area contributed by atoms with Crippen LogP contribution in [0.2, 0.25) is 0 Å². The monoisotopic (exact) mass is 274 g/mol. The van der Waals surface area contributed by atoms with Crippen LogP contribution in [0.25, 0.3) is 0 Å². The van der Waals surface area contributed by atoms with Crippen LogP contribution >= 0.6 is 8.37 Å². The largest absolute Gasteiger partial charge is 0.397 e. The van der Waals surface area contributed by atoms with Crippen LogP contribution in [0.15, 0.2) is 55.4 Å². The number of nitrogen functional groups attached to an aromatic ring is 3. The minimum absolute atomic E-state index is 0.729. The predicted molar refractivity (Wildman–Crippen MR) is 79.6 cm³/mol. The molecule has 3 heterocycles. The van der Waals surface area contributed by atoms with Crippen molar-refractivity contribution < 1.29 is 0 Å². The first-order chi connectivity index (χ1) is 9.13. The number of anilines is 3. The number of nitrogens with zero attached hydrogens (tertiary/aromatic N) is 3. The van der Waals surface area contributed by atoms with Crippen molar-refractivity contribution in [2.24, 2.45) is 0 Å². The SMILES string of the molecule is Nc1ccn(P(n2ccc(N)c2)n2ccc(N)c2)c1. The summed E-state index contributed by atoms with van der Waals surface area (Å²) in [6, 6.07) is 5.61. The molecule has 7 heteroatoms. The molecular formula is C12H15N6P. The van der Waals surface area contributed by atoms with Crippen molar-refractivity contribution in [2.45, 2.75) is 0 Å². The summed E-state index contributed by atoms with van der Waals surface area (Å²) in [4.78, 5) is 0. The summed E-state index contributed by atoms with van der Waals surface area (Å²) >= 11 is 0. The molecular weight excluding hydrogens is 259 g/mol. The van der Waals surface area contributed by atoms with E-state index in [1.54, 1.807) is 0 Å². The second-order valence-corrected chi connectivity index (χ2v) is 6.17. The Morgan fingerprint density at radius 3 is 1.16 bits per heavy atom. The molecule has 0 saturated carbocycles. The molecule has 3 aromatic rings. The number of hydrogen-bond acceptors (Lipinski definition) is 3. The van der Waals surface area contributed by atoms with Crippen LogP contribution in [0.5, 0.6) is 0 Å². The Bertz CT molecular complexity index is 599. The third-order valence-corrected chi connectivity index (χ3v) is 4.71. The highest BCUT2D eigenvalue weighted by molar-refractivity contribution is 7.52. The molecule has 0 aliphatic heterocycles. The van der Waals surface area contributed by atoms with Gasteiger partial charge in [0.05, 0.1) is 0 Å². The number of hydrogen-bond donors (Lipinski definition) is 3. The Kier molecular flexibility index (Phi) is 2.72. The van der Waals surface area contributed by atoms with Gasteiger partial charge in [-0.1, -0.05) is 0 Å². The summed E-state index contributed by atoms with van der Waals surface area (Å²) in [6.45, 7) is 0. The van der Waals surface area contributed by atoms with Crippen LogP contribution in [0.1, 0.15) is 0 Å². The van der Waals surface area contributed by atoms with Crippen molar-refractivity contribution in [3.05, 3.63) is 55.4 Å². The molecule has 0 radical (unpaired) electrons. The third-order valence-electron chi connectivity index (χ3n) is 2.72. The first kappa shape index (κ1) is 11.7. The maximum Gasteiger partial charge on any atom is 0.220 e. The molecule has 0 atom stereocenters. The molecule has 0 aromatic carbocycles. The molecule has 3 aromatic heterocycles. The third kappa shape index (κ3) is 2.18. The number of rotatable bonds is 3. The van der Waals surface area contributed by atoms with Gasteiger partial charge in [0, 0.05) is 54.2 Å². The lowest BCUT2D eigenvalue weighted by atomic mass is 10.6. The Hall–Kier alpha value is -2.33. The van der Waals surface area contributed by atoms with Crippen LogP contribution in [-0.2, 0) is 0 Å². The van der Waals surface area contributed by atoms with Gasteiger partial charge in [0.15, 0.2) is 0 Å². The van der Waals surface area contributed by atoms with E-state index in [4.69, 9.17) is 17.2 Å². The fourth-order valence-corrected chi connectivity index (χ4v) is 3.88. The second-order valence-electron chi connectivity index (χ2n) is 4.24. The van der Waals surface area contributed by atoms with Crippen LogP contribution in [0, 0.1) is 0 Å². The van der Waals surface area contributed by atoms with E-state index < -0.39 is 8.37 Å². The highest BCUT2D eigenvalue weighted by Crippen LogP contribution is 2.42. The number of nitrogens with two attached hydrogens (primary N) is 3. The van der Waals surface area contributed by atoms with Crippen molar-refractivity contribution in [2.75, 3.05) is 17.2 Å². The van der Waals surface area contributed by atoms with Gasteiger partial charge in [-0.15, -0.1) is 0 Å². The van der Waals surface area contributed by atoms with Gasteiger partial charge < -0.3 is 17.2 Å². The van der Waals surface area contributed by atoms with Crippen molar-refractivity contribution in [3.63, 3.8) is 0 Å². The second kappa shape index (κ2) is 4.40. The fourth-order valence-electron chi connectivity index (χ4n) is 1.90. The Balaban J connectivity index is 2.10. The normalized spacial score (nSPS) is 11.2. The van der Waals surface area contributed by atoms with Gasteiger partial charge in [0.25, 0.3) is 0 Å². The van der Waals surface area contributed by atoms with Crippen molar-refractivity contribution in [3.8, 4) is 0 Å². The average Bonchev–Trinajstić information content (AvgIpc) is 3.05. The number of aromatic nitrogens is 3.